The number of methoxy groups -OCH3 is 1. The van der Waals surface area contributed by atoms with Crippen LogP contribution in [0.4, 0.5) is 23.0 Å². The van der Waals surface area contributed by atoms with Crippen LogP contribution in [0.2, 0.25) is 0 Å². The van der Waals surface area contributed by atoms with Crippen LogP contribution >= 0.6 is 0 Å². The third-order valence-electron chi connectivity index (χ3n) is 11.2. The topological polar surface area (TPSA) is 72.5 Å². The van der Waals surface area contributed by atoms with Gasteiger partial charge in [0.15, 0.2) is 5.82 Å². The number of anilines is 4. The molecule has 47 heavy (non-hydrogen) atoms. The minimum Gasteiger partial charge on any atom is -0.494 e. The molecule has 1 aliphatic carbocycles. The zero-order valence-electron chi connectivity index (χ0n) is 27.8. The Hall–Kier alpha value is -3.44. The highest BCUT2D eigenvalue weighted by Crippen LogP contribution is 2.37. The fourth-order valence-corrected chi connectivity index (χ4v) is 8.34. The van der Waals surface area contributed by atoms with Gasteiger partial charge in [0, 0.05) is 81.6 Å². The summed E-state index contributed by atoms with van der Waals surface area (Å²) < 4.78 is 5.87. The summed E-state index contributed by atoms with van der Waals surface area (Å²) in [6.07, 6.45) is 10.5. The molecule has 1 N–H and O–H groups in total. The minimum absolute atomic E-state index is 0.126. The lowest BCUT2D eigenvalue weighted by Crippen LogP contribution is -2.55. The first-order valence-corrected chi connectivity index (χ1v) is 17.9. The Morgan fingerprint density at radius 1 is 0.702 bits per heavy atom. The molecule has 4 aliphatic heterocycles. The maximum absolute atomic E-state index is 6.01. The average Bonchev–Trinajstić information content (AvgIpc) is 3.88. The number of hydrogen-bond acceptors (Lipinski definition) is 10. The van der Waals surface area contributed by atoms with Crippen molar-refractivity contribution in [2.24, 2.45) is 0 Å². The molecule has 1 saturated carbocycles. The van der Waals surface area contributed by atoms with Crippen molar-refractivity contribution >= 4 is 23.0 Å². The van der Waals surface area contributed by atoms with E-state index in [-0.39, 0.29) is 6.04 Å². The molecule has 5 aliphatic rings. The zero-order chi connectivity index (χ0) is 31.6. The van der Waals surface area contributed by atoms with Crippen molar-refractivity contribution in [3.05, 3.63) is 66.5 Å². The molecule has 0 bridgehead atoms. The number of nitrogens with zero attached hydrogens (tertiary/aromatic N) is 7. The number of benzene rings is 2. The summed E-state index contributed by atoms with van der Waals surface area (Å²) in [4.78, 5) is 25.9. The molecule has 0 amide bonds. The summed E-state index contributed by atoms with van der Waals surface area (Å²) in [5, 5.41) is 5.38. The van der Waals surface area contributed by atoms with E-state index >= 15 is 0 Å². The molecule has 250 valence electrons. The van der Waals surface area contributed by atoms with Crippen LogP contribution in [0, 0.1) is 0 Å². The fraction of sp³-hybridized carbons (Fsp3) is 0.568. The van der Waals surface area contributed by atoms with E-state index in [0.29, 0.717) is 18.5 Å². The van der Waals surface area contributed by atoms with Gasteiger partial charge in [-0.1, -0.05) is 30.3 Å². The summed E-state index contributed by atoms with van der Waals surface area (Å²) in [5.41, 5.74) is 3.32. The lowest BCUT2D eigenvalue weighted by molar-refractivity contribution is 0.0416. The SMILES string of the molecule is COc1cc(N2CCC(N3CCC(N4CCN(C5CC5)CC4)CC3)CC2)ccc1Nc1cc(N2OCC[C@@H]2c2ccccc2)ncn1. The van der Waals surface area contributed by atoms with E-state index in [1.165, 1.54) is 89.0 Å². The average molecular weight is 639 g/mol. The molecule has 10 nitrogen and oxygen atoms in total. The van der Waals surface area contributed by atoms with E-state index in [2.05, 4.69) is 77.3 Å². The van der Waals surface area contributed by atoms with Crippen molar-refractivity contribution in [3.8, 4) is 5.75 Å². The molecule has 0 unspecified atom stereocenters. The van der Waals surface area contributed by atoms with E-state index in [1.54, 1.807) is 13.4 Å². The Morgan fingerprint density at radius 3 is 2.04 bits per heavy atom. The van der Waals surface area contributed by atoms with Gasteiger partial charge in [-0.25, -0.2) is 15.0 Å². The number of ether oxygens (including phenoxy) is 1. The molecule has 2 aromatic carbocycles. The van der Waals surface area contributed by atoms with Gasteiger partial charge in [0.25, 0.3) is 0 Å². The molecule has 5 heterocycles. The van der Waals surface area contributed by atoms with Crippen molar-refractivity contribution in [2.75, 3.05) is 81.4 Å². The molecule has 4 saturated heterocycles. The summed E-state index contributed by atoms with van der Waals surface area (Å²) in [6, 6.07) is 21.4. The van der Waals surface area contributed by atoms with E-state index < -0.39 is 0 Å². The Labute approximate surface area is 279 Å². The van der Waals surface area contributed by atoms with Gasteiger partial charge in [0.05, 0.1) is 25.4 Å². The first-order valence-electron chi connectivity index (χ1n) is 17.9. The number of piperidine rings is 2. The minimum atomic E-state index is 0.126. The number of hydroxylamine groups is 1. The molecule has 8 rings (SSSR count). The normalized spacial score (nSPS) is 24.1. The number of aromatic nitrogens is 2. The van der Waals surface area contributed by atoms with Crippen LogP contribution < -0.4 is 20.0 Å². The van der Waals surface area contributed by atoms with Gasteiger partial charge in [-0.3, -0.25) is 14.6 Å². The summed E-state index contributed by atoms with van der Waals surface area (Å²) in [7, 11) is 1.74. The molecule has 3 aromatic rings. The Balaban J connectivity index is 0.844. The highest BCUT2D eigenvalue weighted by Gasteiger charge is 2.35. The second-order valence-electron chi connectivity index (χ2n) is 13.9. The van der Waals surface area contributed by atoms with Crippen LogP contribution in [0.3, 0.4) is 0 Å². The zero-order valence-corrected chi connectivity index (χ0v) is 27.8. The first kappa shape index (κ1) is 30.9. The predicted octanol–water partition coefficient (Wildman–Crippen LogP) is 5.33. The number of rotatable bonds is 9. The van der Waals surface area contributed by atoms with Crippen LogP contribution in [0.25, 0.3) is 0 Å². The summed E-state index contributed by atoms with van der Waals surface area (Å²) >= 11 is 0. The van der Waals surface area contributed by atoms with Crippen molar-refractivity contribution in [2.45, 2.75) is 69.1 Å². The highest BCUT2D eigenvalue weighted by molar-refractivity contribution is 5.70. The Morgan fingerprint density at radius 2 is 1.36 bits per heavy atom. The fourth-order valence-electron chi connectivity index (χ4n) is 8.34. The third kappa shape index (κ3) is 6.92. The van der Waals surface area contributed by atoms with Crippen LogP contribution in [0.1, 0.15) is 56.6 Å². The smallest absolute Gasteiger partial charge is 0.158 e. The van der Waals surface area contributed by atoms with E-state index in [0.717, 1.165) is 48.8 Å². The van der Waals surface area contributed by atoms with Crippen molar-refractivity contribution in [3.63, 3.8) is 0 Å². The predicted molar refractivity (Wildman–Crippen MR) is 187 cm³/mol. The van der Waals surface area contributed by atoms with Crippen LogP contribution in [-0.2, 0) is 4.84 Å². The van der Waals surface area contributed by atoms with Gasteiger partial charge in [-0.2, -0.15) is 0 Å². The van der Waals surface area contributed by atoms with Gasteiger partial charge in [-0.15, -0.1) is 0 Å². The molecule has 0 radical (unpaired) electrons. The molecule has 5 fully saturated rings. The van der Waals surface area contributed by atoms with E-state index in [4.69, 9.17) is 9.57 Å². The molecule has 1 atom stereocenters. The molecule has 10 heteroatoms. The summed E-state index contributed by atoms with van der Waals surface area (Å²) in [6.45, 7) is 10.5. The lowest BCUT2D eigenvalue weighted by Gasteiger charge is -2.46. The van der Waals surface area contributed by atoms with Gasteiger partial charge >= 0.3 is 0 Å². The quantitative estimate of drug-likeness (QED) is 0.333. The van der Waals surface area contributed by atoms with Gasteiger partial charge < -0.3 is 19.9 Å². The number of nitrogens with one attached hydrogen (secondary N) is 1. The first-order chi connectivity index (χ1) is 23.2. The monoisotopic (exact) mass is 638 g/mol. The number of likely N-dealkylation sites (tertiary alicyclic amines) is 1. The standard InChI is InChI=1S/C37H50N8O2/c1-46-35-25-32(9-10-33(35)40-36-26-37(39-27-38-36)45-34(15-24-47-45)28-5-3-2-4-6-28)42-18-13-30(14-19-42)41-16-11-31(12-17-41)44-22-20-43(21-23-44)29-7-8-29/h2-6,9-10,25-27,29-31,34H,7-8,11-24H2,1H3,(H,38,39,40)/t34-/m1/s1. The Kier molecular flexibility index (Phi) is 9.17. The maximum Gasteiger partial charge on any atom is 0.158 e. The highest BCUT2D eigenvalue weighted by atomic mass is 16.7. The van der Waals surface area contributed by atoms with Gasteiger partial charge in [0.2, 0.25) is 0 Å². The Bertz CT molecular complexity index is 1460. The van der Waals surface area contributed by atoms with Crippen molar-refractivity contribution < 1.29 is 9.57 Å². The third-order valence-corrected chi connectivity index (χ3v) is 11.2. The summed E-state index contributed by atoms with van der Waals surface area (Å²) in [5.74, 6) is 2.25. The second-order valence-corrected chi connectivity index (χ2v) is 13.9. The number of hydrogen-bond donors (Lipinski definition) is 1. The van der Waals surface area contributed by atoms with Crippen molar-refractivity contribution in [1.82, 2.24) is 24.7 Å². The van der Waals surface area contributed by atoms with Crippen LogP contribution in [0.5, 0.6) is 5.75 Å². The van der Waals surface area contributed by atoms with E-state index in [1.807, 2.05) is 17.2 Å². The molecule has 0 spiro atoms. The second kappa shape index (κ2) is 14.0. The molecular formula is C37H50N8O2. The van der Waals surface area contributed by atoms with Crippen molar-refractivity contribution in [1.29, 1.82) is 0 Å². The maximum atomic E-state index is 6.01. The largest absolute Gasteiger partial charge is 0.494 e. The van der Waals surface area contributed by atoms with Gasteiger partial charge in [-0.05, 0) is 69.3 Å². The van der Waals surface area contributed by atoms with Gasteiger partial charge in [0.1, 0.15) is 17.9 Å². The van der Waals surface area contributed by atoms with Crippen LogP contribution in [-0.4, -0.2) is 109 Å². The molecule has 1 aromatic heterocycles. The molecular weight excluding hydrogens is 588 g/mol. The van der Waals surface area contributed by atoms with E-state index in [9.17, 15) is 0 Å². The number of piperazine rings is 1. The van der Waals surface area contributed by atoms with Crippen LogP contribution in [0.15, 0.2) is 60.9 Å². The lowest BCUT2D eigenvalue weighted by atomic mass is 9.96.